The fourth-order valence-electron chi connectivity index (χ4n) is 3.57. The highest BCUT2D eigenvalue weighted by molar-refractivity contribution is 5.41. The van der Waals surface area contributed by atoms with Crippen LogP contribution in [0.4, 0.5) is 0 Å². The van der Waals surface area contributed by atoms with Crippen LogP contribution in [0.3, 0.4) is 0 Å². The Morgan fingerprint density at radius 3 is 3.05 bits per heavy atom. The van der Waals surface area contributed by atoms with Gasteiger partial charge in [0.25, 0.3) is 0 Å². The number of ether oxygens (including phenoxy) is 1. The molecular weight excluding hydrogens is 252 g/mol. The molecule has 1 aromatic rings. The molecule has 0 aromatic heterocycles. The minimum Gasteiger partial charge on any atom is -0.504 e. The van der Waals surface area contributed by atoms with Crippen LogP contribution >= 0.6 is 0 Å². The molecule has 2 unspecified atom stereocenters. The number of phenolic OH excluding ortho intramolecular Hbond substituents is 1. The molecule has 20 heavy (non-hydrogen) atoms. The summed E-state index contributed by atoms with van der Waals surface area (Å²) < 4.78 is 5.16. The van der Waals surface area contributed by atoms with Gasteiger partial charge in [-0.15, -0.1) is 0 Å². The minimum absolute atomic E-state index is 0.204. The number of aromatic hydroxyl groups is 1. The second-order valence-corrected chi connectivity index (χ2v) is 5.88. The maximum absolute atomic E-state index is 9.62. The zero-order valence-electron chi connectivity index (χ0n) is 12.1. The van der Waals surface area contributed by atoms with E-state index in [1.807, 2.05) is 12.1 Å². The van der Waals surface area contributed by atoms with E-state index in [-0.39, 0.29) is 5.75 Å². The van der Waals surface area contributed by atoms with E-state index >= 15 is 0 Å². The van der Waals surface area contributed by atoms with E-state index in [0.29, 0.717) is 11.8 Å². The number of nitrogens with zero attached hydrogens (tertiary/aromatic N) is 1. The minimum atomic E-state index is 0.204. The Morgan fingerprint density at radius 2 is 2.20 bits per heavy atom. The fourth-order valence-corrected chi connectivity index (χ4v) is 3.57. The lowest BCUT2D eigenvalue weighted by Crippen LogP contribution is -2.44. The third-order valence-corrected chi connectivity index (χ3v) is 4.67. The summed E-state index contributed by atoms with van der Waals surface area (Å²) in [5, 5.41) is 13.3. The van der Waals surface area contributed by atoms with Crippen molar-refractivity contribution in [2.45, 2.75) is 44.3 Å². The predicted molar refractivity (Wildman–Crippen MR) is 79.1 cm³/mol. The van der Waals surface area contributed by atoms with Gasteiger partial charge in [0, 0.05) is 25.2 Å². The molecule has 0 spiro atoms. The Hall–Kier alpha value is -1.26. The lowest BCUT2D eigenvalue weighted by Gasteiger charge is -2.32. The summed E-state index contributed by atoms with van der Waals surface area (Å²) in [6.45, 7) is 3.35. The fraction of sp³-hybridized carbons (Fsp3) is 0.625. The summed E-state index contributed by atoms with van der Waals surface area (Å²) in [5.74, 6) is 0.755. The molecule has 0 bridgehead atoms. The first-order chi connectivity index (χ1) is 9.78. The van der Waals surface area contributed by atoms with Gasteiger partial charge in [0.05, 0.1) is 7.11 Å². The van der Waals surface area contributed by atoms with Gasteiger partial charge in [0.15, 0.2) is 11.5 Å². The first-order valence-electron chi connectivity index (χ1n) is 7.61. The number of hydrogen-bond acceptors (Lipinski definition) is 4. The van der Waals surface area contributed by atoms with Crippen LogP contribution in [-0.2, 0) is 6.54 Å². The van der Waals surface area contributed by atoms with Gasteiger partial charge in [-0.3, -0.25) is 4.90 Å². The Bertz CT molecular complexity index is 464. The third-order valence-electron chi connectivity index (χ3n) is 4.67. The molecule has 2 atom stereocenters. The summed E-state index contributed by atoms with van der Waals surface area (Å²) in [5.41, 5.74) is 1.16. The van der Waals surface area contributed by atoms with Crippen molar-refractivity contribution < 1.29 is 9.84 Å². The number of rotatable bonds is 4. The first kappa shape index (κ1) is 13.7. The van der Waals surface area contributed by atoms with Gasteiger partial charge < -0.3 is 15.2 Å². The highest BCUT2D eigenvalue weighted by Gasteiger charge is 2.34. The van der Waals surface area contributed by atoms with E-state index in [0.717, 1.165) is 18.2 Å². The van der Waals surface area contributed by atoms with Crippen molar-refractivity contribution in [2.24, 2.45) is 0 Å². The normalized spacial score (nSPS) is 26.4. The van der Waals surface area contributed by atoms with Gasteiger partial charge in [-0.05, 0) is 43.5 Å². The summed E-state index contributed by atoms with van der Waals surface area (Å²) in [7, 11) is 1.59. The average molecular weight is 276 g/mol. The summed E-state index contributed by atoms with van der Waals surface area (Å²) in [6, 6.07) is 6.91. The molecule has 1 aromatic carbocycles. The third kappa shape index (κ3) is 2.76. The Labute approximate surface area is 120 Å². The Balaban J connectivity index is 1.59. The van der Waals surface area contributed by atoms with Crippen molar-refractivity contribution in [2.75, 3.05) is 20.2 Å². The number of benzene rings is 1. The first-order valence-corrected chi connectivity index (χ1v) is 7.61. The van der Waals surface area contributed by atoms with Crippen LogP contribution in [0.25, 0.3) is 0 Å². The van der Waals surface area contributed by atoms with Crippen LogP contribution in [0.5, 0.6) is 11.5 Å². The van der Waals surface area contributed by atoms with E-state index in [1.54, 1.807) is 13.2 Å². The standard InChI is InChI=1S/C16H24N2O2/c1-20-16-10-12(5-6-15(16)19)11-17-13-7-9-18-8-3-2-4-14(13)18/h5-6,10,13-14,17,19H,2-4,7-9,11H2,1H3. The molecule has 2 saturated heterocycles. The predicted octanol–water partition coefficient (Wildman–Crippen LogP) is 2.12. The maximum atomic E-state index is 9.62. The zero-order valence-corrected chi connectivity index (χ0v) is 12.1. The molecule has 2 aliphatic heterocycles. The molecular formula is C16H24N2O2. The van der Waals surface area contributed by atoms with E-state index in [1.165, 1.54) is 38.8 Å². The molecule has 4 nitrogen and oxygen atoms in total. The van der Waals surface area contributed by atoms with E-state index < -0.39 is 0 Å². The molecule has 2 N–H and O–H groups in total. The van der Waals surface area contributed by atoms with Crippen molar-refractivity contribution >= 4 is 0 Å². The molecule has 0 aliphatic carbocycles. The van der Waals surface area contributed by atoms with Gasteiger partial charge in [0.1, 0.15) is 0 Å². The summed E-state index contributed by atoms with van der Waals surface area (Å²) >= 11 is 0. The monoisotopic (exact) mass is 276 g/mol. The number of nitrogens with one attached hydrogen (secondary N) is 1. The highest BCUT2D eigenvalue weighted by atomic mass is 16.5. The second kappa shape index (κ2) is 6.02. The van der Waals surface area contributed by atoms with Crippen LogP contribution in [-0.4, -0.2) is 42.3 Å². The molecule has 2 heterocycles. The molecule has 110 valence electrons. The number of hydrogen-bond donors (Lipinski definition) is 2. The SMILES string of the molecule is COc1cc(CNC2CCN3CCCCC23)ccc1O. The van der Waals surface area contributed by atoms with Crippen LogP contribution < -0.4 is 10.1 Å². The van der Waals surface area contributed by atoms with Crippen LogP contribution in [0, 0.1) is 0 Å². The Morgan fingerprint density at radius 1 is 1.30 bits per heavy atom. The molecule has 0 amide bonds. The molecule has 3 rings (SSSR count). The van der Waals surface area contributed by atoms with Crippen molar-refractivity contribution in [3.05, 3.63) is 23.8 Å². The van der Waals surface area contributed by atoms with Gasteiger partial charge in [-0.25, -0.2) is 0 Å². The second-order valence-electron chi connectivity index (χ2n) is 5.88. The van der Waals surface area contributed by atoms with Crippen LogP contribution in [0.2, 0.25) is 0 Å². The van der Waals surface area contributed by atoms with Crippen LogP contribution in [0.1, 0.15) is 31.2 Å². The molecule has 4 heteroatoms. The number of piperidine rings is 1. The van der Waals surface area contributed by atoms with E-state index in [4.69, 9.17) is 4.74 Å². The van der Waals surface area contributed by atoms with Crippen LogP contribution in [0.15, 0.2) is 18.2 Å². The number of fused-ring (bicyclic) bond motifs is 1. The van der Waals surface area contributed by atoms with Gasteiger partial charge in [0.2, 0.25) is 0 Å². The van der Waals surface area contributed by atoms with Crippen molar-refractivity contribution in [3.63, 3.8) is 0 Å². The molecule has 2 aliphatic rings. The topological polar surface area (TPSA) is 44.7 Å². The Kier molecular flexibility index (Phi) is 4.13. The molecule has 2 fully saturated rings. The summed E-state index contributed by atoms with van der Waals surface area (Å²) in [6.07, 6.45) is 5.31. The number of methoxy groups -OCH3 is 1. The van der Waals surface area contributed by atoms with E-state index in [2.05, 4.69) is 10.2 Å². The summed E-state index contributed by atoms with van der Waals surface area (Å²) in [4.78, 5) is 2.64. The average Bonchev–Trinajstić information content (AvgIpc) is 2.90. The largest absolute Gasteiger partial charge is 0.504 e. The lowest BCUT2D eigenvalue weighted by atomic mass is 9.99. The van der Waals surface area contributed by atoms with E-state index in [9.17, 15) is 5.11 Å². The van der Waals surface area contributed by atoms with Crippen molar-refractivity contribution in [1.29, 1.82) is 0 Å². The zero-order chi connectivity index (χ0) is 13.9. The van der Waals surface area contributed by atoms with Gasteiger partial charge >= 0.3 is 0 Å². The number of phenols is 1. The molecule has 0 saturated carbocycles. The molecule has 0 radical (unpaired) electrons. The highest BCUT2D eigenvalue weighted by Crippen LogP contribution is 2.28. The maximum Gasteiger partial charge on any atom is 0.160 e. The smallest absolute Gasteiger partial charge is 0.160 e. The van der Waals surface area contributed by atoms with Gasteiger partial charge in [-0.2, -0.15) is 0 Å². The van der Waals surface area contributed by atoms with Crippen molar-refractivity contribution in [1.82, 2.24) is 10.2 Å². The lowest BCUT2D eigenvalue weighted by molar-refractivity contribution is 0.180. The quantitative estimate of drug-likeness (QED) is 0.884. The van der Waals surface area contributed by atoms with Crippen molar-refractivity contribution in [3.8, 4) is 11.5 Å². The van der Waals surface area contributed by atoms with Gasteiger partial charge in [-0.1, -0.05) is 12.5 Å².